The number of anilines is 2. The third-order valence-electron chi connectivity index (χ3n) is 4.54. The van der Waals surface area contributed by atoms with Crippen LogP contribution in [-0.4, -0.2) is 39.8 Å². The van der Waals surface area contributed by atoms with Gasteiger partial charge in [0, 0.05) is 33.2 Å². The summed E-state index contributed by atoms with van der Waals surface area (Å²) in [7, 11) is 4.43. The Morgan fingerprint density at radius 3 is 2.79 bits per heavy atom. The van der Waals surface area contributed by atoms with Crippen molar-refractivity contribution in [3.63, 3.8) is 0 Å². The summed E-state index contributed by atoms with van der Waals surface area (Å²) in [5, 5.41) is 3.67. The predicted molar refractivity (Wildman–Crippen MR) is 82.3 cm³/mol. The molecule has 1 atom stereocenters. The Labute approximate surface area is 116 Å². The molecule has 2 aliphatic rings. The minimum Gasteiger partial charge on any atom is -0.371 e. The highest BCUT2D eigenvalue weighted by atomic mass is 15.2. The first kappa shape index (κ1) is 12.8. The van der Waals surface area contributed by atoms with Crippen LogP contribution >= 0.6 is 0 Å². The molecule has 2 heterocycles. The fourth-order valence-corrected chi connectivity index (χ4v) is 3.39. The number of nitrogens with one attached hydrogen (secondary N) is 1. The Morgan fingerprint density at radius 2 is 2.00 bits per heavy atom. The smallest absolute Gasteiger partial charge is 0.0635 e. The molecule has 1 unspecified atom stereocenters. The van der Waals surface area contributed by atoms with Gasteiger partial charge in [-0.15, -0.1) is 0 Å². The van der Waals surface area contributed by atoms with E-state index in [1.165, 1.54) is 49.2 Å². The Hall–Kier alpha value is -1.22. The summed E-state index contributed by atoms with van der Waals surface area (Å²) in [4.78, 5) is 4.81. The molecule has 0 aromatic heterocycles. The standard InChI is InChI=1S/C16H25N3/c1-18-10-11-19(2)16-13(6-5-8-15(16)18)12-14-7-3-4-9-17-14/h5-6,8,14,17H,3-4,7,9-12H2,1-2H3. The molecular weight excluding hydrogens is 234 g/mol. The van der Waals surface area contributed by atoms with Crippen LogP contribution < -0.4 is 15.1 Å². The molecule has 3 nitrogen and oxygen atoms in total. The molecule has 0 bridgehead atoms. The van der Waals surface area contributed by atoms with Crippen LogP contribution in [0.25, 0.3) is 0 Å². The fourth-order valence-electron chi connectivity index (χ4n) is 3.39. The predicted octanol–water partition coefficient (Wildman–Crippen LogP) is 2.26. The van der Waals surface area contributed by atoms with Crippen molar-refractivity contribution in [1.82, 2.24) is 5.32 Å². The molecule has 1 aromatic rings. The summed E-state index contributed by atoms with van der Waals surface area (Å²) in [5.74, 6) is 0. The van der Waals surface area contributed by atoms with Crippen LogP contribution in [0.2, 0.25) is 0 Å². The lowest BCUT2D eigenvalue weighted by atomic mass is 9.95. The average Bonchev–Trinajstić information content (AvgIpc) is 2.44. The van der Waals surface area contributed by atoms with Gasteiger partial charge in [0.15, 0.2) is 0 Å². The highest BCUT2D eigenvalue weighted by molar-refractivity contribution is 5.76. The molecule has 0 saturated carbocycles. The first-order chi connectivity index (χ1) is 9.25. The number of para-hydroxylation sites is 1. The number of hydrogen-bond acceptors (Lipinski definition) is 3. The first-order valence-electron chi connectivity index (χ1n) is 7.53. The van der Waals surface area contributed by atoms with Gasteiger partial charge in [-0.1, -0.05) is 18.6 Å². The van der Waals surface area contributed by atoms with Crippen molar-refractivity contribution >= 4 is 11.4 Å². The molecule has 2 aliphatic heterocycles. The Bertz CT molecular complexity index is 438. The number of fused-ring (bicyclic) bond motifs is 1. The van der Waals surface area contributed by atoms with Crippen LogP contribution in [0.4, 0.5) is 11.4 Å². The summed E-state index contributed by atoms with van der Waals surface area (Å²) in [5.41, 5.74) is 4.34. The second kappa shape index (κ2) is 5.41. The molecule has 3 rings (SSSR count). The molecule has 19 heavy (non-hydrogen) atoms. The summed E-state index contributed by atoms with van der Waals surface area (Å²) in [6, 6.07) is 7.45. The second-order valence-electron chi connectivity index (χ2n) is 5.98. The molecule has 1 fully saturated rings. The molecule has 1 aromatic carbocycles. The summed E-state index contributed by atoms with van der Waals surface area (Å²) >= 11 is 0. The lowest BCUT2D eigenvalue weighted by Gasteiger charge is -2.37. The third-order valence-corrected chi connectivity index (χ3v) is 4.54. The van der Waals surface area contributed by atoms with Crippen molar-refractivity contribution in [3.8, 4) is 0 Å². The largest absolute Gasteiger partial charge is 0.371 e. The number of piperidine rings is 1. The van der Waals surface area contributed by atoms with Gasteiger partial charge < -0.3 is 15.1 Å². The maximum Gasteiger partial charge on any atom is 0.0635 e. The van der Waals surface area contributed by atoms with E-state index >= 15 is 0 Å². The van der Waals surface area contributed by atoms with E-state index in [2.05, 4.69) is 47.4 Å². The molecule has 0 aliphatic carbocycles. The van der Waals surface area contributed by atoms with Crippen molar-refractivity contribution in [1.29, 1.82) is 0 Å². The van der Waals surface area contributed by atoms with Gasteiger partial charge in [0.2, 0.25) is 0 Å². The maximum absolute atomic E-state index is 3.67. The van der Waals surface area contributed by atoms with Crippen molar-refractivity contribution in [2.24, 2.45) is 0 Å². The van der Waals surface area contributed by atoms with E-state index in [9.17, 15) is 0 Å². The summed E-state index contributed by atoms with van der Waals surface area (Å²) in [6.07, 6.45) is 5.21. The Kier molecular flexibility index (Phi) is 3.65. The monoisotopic (exact) mass is 259 g/mol. The van der Waals surface area contributed by atoms with Crippen molar-refractivity contribution < 1.29 is 0 Å². The highest BCUT2D eigenvalue weighted by Gasteiger charge is 2.22. The van der Waals surface area contributed by atoms with E-state index in [1.807, 2.05) is 0 Å². The van der Waals surface area contributed by atoms with E-state index in [0.717, 1.165) is 13.1 Å². The number of nitrogens with zero attached hydrogens (tertiary/aromatic N) is 2. The third kappa shape index (κ3) is 2.57. The summed E-state index contributed by atoms with van der Waals surface area (Å²) < 4.78 is 0. The second-order valence-corrected chi connectivity index (χ2v) is 5.98. The minimum atomic E-state index is 0.667. The molecule has 1 N–H and O–H groups in total. The highest BCUT2D eigenvalue weighted by Crippen LogP contribution is 2.35. The molecule has 0 radical (unpaired) electrons. The van der Waals surface area contributed by atoms with Crippen LogP contribution in [0.3, 0.4) is 0 Å². The zero-order valence-electron chi connectivity index (χ0n) is 12.2. The van der Waals surface area contributed by atoms with E-state index < -0.39 is 0 Å². The Balaban J connectivity index is 1.86. The van der Waals surface area contributed by atoms with E-state index in [1.54, 1.807) is 0 Å². The molecule has 104 valence electrons. The van der Waals surface area contributed by atoms with Crippen LogP contribution in [0.5, 0.6) is 0 Å². The van der Waals surface area contributed by atoms with Gasteiger partial charge in [-0.05, 0) is 37.4 Å². The molecule has 1 saturated heterocycles. The lowest BCUT2D eigenvalue weighted by Crippen LogP contribution is -2.39. The van der Waals surface area contributed by atoms with Gasteiger partial charge in [-0.3, -0.25) is 0 Å². The zero-order chi connectivity index (χ0) is 13.2. The zero-order valence-corrected chi connectivity index (χ0v) is 12.2. The van der Waals surface area contributed by atoms with Crippen LogP contribution in [0.15, 0.2) is 18.2 Å². The van der Waals surface area contributed by atoms with Gasteiger partial charge in [0.1, 0.15) is 0 Å². The topological polar surface area (TPSA) is 18.5 Å². The van der Waals surface area contributed by atoms with Gasteiger partial charge in [0.05, 0.1) is 11.4 Å². The average molecular weight is 259 g/mol. The van der Waals surface area contributed by atoms with E-state index in [-0.39, 0.29) is 0 Å². The summed E-state index contributed by atoms with van der Waals surface area (Å²) in [6.45, 7) is 3.43. The first-order valence-corrected chi connectivity index (χ1v) is 7.53. The number of benzene rings is 1. The number of hydrogen-bond donors (Lipinski definition) is 1. The fraction of sp³-hybridized carbons (Fsp3) is 0.625. The van der Waals surface area contributed by atoms with Crippen LogP contribution in [-0.2, 0) is 6.42 Å². The maximum atomic E-state index is 3.67. The Morgan fingerprint density at radius 1 is 1.16 bits per heavy atom. The normalized spacial score (nSPS) is 23.4. The number of rotatable bonds is 2. The minimum absolute atomic E-state index is 0.667. The van der Waals surface area contributed by atoms with Gasteiger partial charge in [-0.2, -0.15) is 0 Å². The van der Waals surface area contributed by atoms with E-state index in [4.69, 9.17) is 0 Å². The van der Waals surface area contributed by atoms with Gasteiger partial charge in [-0.25, -0.2) is 0 Å². The van der Waals surface area contributed by atoms with Crippen molar-refractivity contribution in [2.45, 2.75) is 31.7 Å². The SMILES string of the molecule is CN1CCN(C)c2c(CC3CCCCN3)cccc21. The van der Waals surface area contributed by atoms with Crippen molar-refractivity contribution in [3.05, 3.63) is 23.8 Å². The van der Waals surface area contributed by atoms with Crippen LogP contribution in [0.1, 0.15) is 24.8 Å². The van der Waals surface area contributed by atoms with Gasteiger partial charge >= 0.3 is 0 Å². The lowest BCUT2D eigenvalue weighted by molar-refractivity contribution is 0.399. The molecule has 0 spiro atoms. The molecule has 0 amide bonds. The molecular formula is C16H25N3. The molecule has 3 heteroatoms. The van der Waals surface area contributed by atoms with E-state index in [0.29, 0.717) is 6.04 Å². The number of likely N-dealkylation sites (N-methyl/N-ethyl adjacent to an activating group) is 2. The van der Waals surface area contributed by atoms with Gasteiger partial charge in [0.25, 0.3) is 0 Å². The van der Waals surface area contributed by atoms with Crippen LogP contribution in [0, 0.1) is 0 Å². The van der Waals surface area contributed by atoms with Crippen molar-refractivity contribution in [2.75, 3.05) is 43.5 Å². The quantitative estimate of drug-likeness (QED) is 0.879.